The Morgan fingerprint density at radius 1 is 1.47 bits per heavy atom. The number of anilines is 1. The molecule has 0 atom stereocenters. The summed E-state index contributed by atoms with van der Waals surface area (Å²) >= 11 is 3.39. The molecule has 0 spiro atoms. The number of nitrogens with zero attached hydrogens (tertiary/aromatic N) is 1. The fourth-order valence-corrected chi connectivity index (χ4v) is 3.78. The second-order valence-electron chi connectivity index (χ2n) is 3.90. The van der Waals surface area contributed by atoms with Crippen molar-refractivity contribution in [1.29, 1.82) is 0 Å². The molecule has 0 bridgehead atoms. The highest BCUT2D eigenvalue weighted by Gasteiger charge is 2.28. The summed E-state index contributed by atoms with van der Waals surface area (Å²) in [5.41, 5.74) is 1.87. The van der Waals surface area contributed by atoms with Crippen molar-refractivity contribution >= 4 is 31.6 Å². The molecule has 4 nitrogen and oxygen atoms in total. The summed E-state index contributed by atoms with van der Waals surface area (Å²) in [6.45, 7) is 0.753. The molecule has 1 aromatic rings. The average Bonchev–Trinajstić information content (AvgIpc) is 2.69. The van der Waals surface area contributed by atoms with Crippen LogP contribution in [0.1, 0.15) is 5.56 Å². The van der Waals surface area contributed by atoms with Crippen molar-refractivity contribution in [2.24, 2.45) is 0 Å². The van der Waals surface area contributed by atoms with E-state index in [1.165, 1.54) is 11.4 Å². The molecule has 1 aliphatic rings. The van der Waals surface area contributed by atoms with E-state index in [0.29, 0.717) is 6.54 Å². The van der Waals surface area contributed by atoms with Gasteiger partial charge in [0, 0.05) is 18.1 Å². The third-order valence-electron chi connectivity index (χ3n) is 2.78. The Balaban J connectivity index is 2.27. The van der Waals surface area contributed by atoms with E-state index in [1.807, 2.05) is 18.2 Å². The summed E-state index contributed by atoms with van der Waals surface area (Å²) in [5.74, 6) is 0.0268. The maximum absolute atomic E-state index is 12.1. The van der Waals surface area contributed by atoms with E-state index in [9.17, 15) is 8.42 Å². The van der Waals surface area contributed by atoms with Crippen LogP contribution in [-0.2, 0) is 21.2 Å². The number of fused-ring (bicyclic) bond motifs is 1. The number of sulfonamides is 1. The van der Waals surface area contributed by atoms with Crippen LogP contribution in [-0.4, -0.2) is 34.4 Å². The predicted octanol–water partition coefficient (Wildman–Crippen LogP) is 1.79. The number of rotatable bonds is 4. The highest BCUT2D eigenvalue weighted by molar-refractivity contribution is 9.10. The molecule has 0 saturated heterocycles. The van der Waals surface area contributed by atoms with Crippen LogP contribution in [0.25, 0.3) is 0 Å². The Morgan fingerprint density at radius 3 is 2.94 bits per heavy atom. The lowest BCUT2D eigenvalue weighted by molar-refractivity contribution is 0.217. The summed E-state index contributed by atoms with van der Waals surface area (Å²) in [4.78, 5) is 0. The monoisotopic (exact) mass is 319 g/mol. The van der Waals surface area contributed by atoms with Crippen LogP contribution in [0.2, 0.25) is 0 Å². The fourth-order valence-electron chi connectivity index (χ4n) is 1.93. The number of halogens is 1. The molecule has 0 amide bonds. The summed E-state index contributed by atoms with van der Waals surface area (Å²) < 4.78 is 31.4. The first-order valence-corrected chi connectivity index (χ1v) is 7.72. The molecule has 0 radical (unpaired) electrons. The Kier molecular flexibility index (Phi) is 3.75. The van der Waals surface area contributed by atoms with E-state index < -0.39 is 10.0 Å². The first-order chi connectivity index (χ1) is 8.04. The van der Waals surface area contributed by atoms with Crippen molar-refractivity contribution in [3.63, 3.8) is 0 Å². The van der Waals surface area contributed by atoms with Crippen molar-refractivity contribution < 1.29 is 13.2 Å². The van der Waals surface area contributed by atoms with Crippen LogP contribution in [0.5, 0.6) is 0 Å². The lowest BCUT2D eigenvalue weighted by Gasteiger charge is -2.19. The summed E-state index contributed by atoms with van der Waals surface area (Å²) in [6.07, 6.45) is 0.765. The minimum Gasteiger partial charge on any atom is -0.384 e. The molecule has 1 aliphatic heterocycles. The number of benzene rings is 1. The van der Waals surface area contributed by atoms with Gasteiger partial charge in [-0.2, -0.15) is 0 Å². The van der Waals surface area contributed by atoms with E-state index in [0.717, 1.165) is 22.1 Å². The molecule has 1 heterocycles. The van der Waals surface area contributed by atoms with Crippen LogP contribution in [0.15, 0.2) is 22.7 Å². The standard InChI is InChI=1S/C11H14BrNO3S/c1-16-6-7-17(14,15)13-5-4-9-8-10(12)2-3-11(9)13/h2-3,8H,4-7H2,1H3. The van der Waals surface area contributed by atoms with Crippen LogP contribution in [0.4, 0.5) is 5.69 Å². The summed E-state index contributed by atoms with van der Waals surface area (Å²) in [6, 6.07) is 5.68. The van der Waals surface area contributed by atoms with E-state index in [-0.39, 0.29) is 12.4 Å². The lowest BCUT2D eigenvalue weighted by atomic mass is 10.2. The van der Waals surface area contributed by atoms with Crippen LogP contribution in [0, 0.1) is 0 Å². The average molecular weight is 320 g/mol. The molecule has 17 heavy (non-hydrogen) atoms. The largest absolute Gasteiger partial charge is 0.384 e. The van der Waals surface area contributed by atoms with Crippen LogP contribution in [0.3, 0.4) is 0 Å². The van der Waals surface area contributed by atoms with Crippen molar-refractivity contribution in [3.8, 4) is 0 Å². The maximum atomic E-state index is 12.1. The molecule has 0 saturated carbocycles. The molecular weight excluding hydrogens is 306 g/mol. The van der Waals surface area contributed by atoms with Gasteiger partial charge in [0.1, 0.15) is 0 Å². The first-order valence-electron chi connectivity index (χ1n) is 5.32. The summed E-state index contributed by atoms with van der Waals surface area (Å²) in [5, 5.41) is 0. The third kappa shape index (κ3) is 2.64. The second-order valence-corrected chi connectivity index (χ2v) is 6.83. The SMILES string of the molecule is COCCS(=O)(=O)N1CCc2cc(Br)ccc21. The molecule has 1 aromatic carbocycles. The normalized spacial score (nSPS) is 15.1. The van der Waals surface area contributed by atoms with Crippen molar-refractivity contribution in [2.45, 2.75) is 6.42 Å². The Labute approximate surface area is 110 Å². The van der Waals surface area contributed by atoms with Gasteiger partial charge >= 0.3 is 0 Å². The van der Waals surface area contributed by atoms with Gasteiger partial charge < -0.3 is 4.74 Å². The Bertz CT molecular complexity index is 515. The van der Waals surface area contributed by atoms with Gasteiger partial charge in [-0.05, 0) is 30.2 Å². The van der Waals surface area contributed by atoms with Crippen molar-refractivity contribution in [2.75, 3.05) is 30.3 Å². The minimum absolute atomic E-state index is 0.0268. The molecule has 94 valence electrons. The topological polar surface area (TPSA) is 46.6 Å². The lowest BCUT2D eigenvalue weighted by Crippen LogP contribution is -2.32. The molecule has 0 N–H and O–H groups in total. The van der Waals surface area contributed by atoms with Crippen molar-refractivity contribution in [1.82, 2.24) is 0 Å². The Morgan fingerprint density at radius 2 is 2.24 bits per heavy atom. The van der Waals surface area contributed by atoms with Crippen molar-refractivity contribution in [3.05, 3.63) is 28.2 Å². The van der Waals surface area contributed by atoms with Gasteiger partial charge in [0.05, 0.1) is 18.0 Å². The highest BCUT2D eigenvalue weighted by Crippen LogP contribution is 2.32. The molecule has 2 rings (SSSR count). The van der Waals surface area contributed by atoms with Crippen LogP contribution < -0.4 is 4.31 Å². The predicted molar refractivity (Wildman–Crippen MR) is 70.9 cm³/mol. The third-order valence-corrected chi connectivity index (χ3v) is 5.00. The van der Waals surface area contributed by atoms with E-state index in [1.54, 1.807) is 0 Å². The first kappa shape index (κ1) is 12.9. The Hall–Kier alpha value is -0.590. The van der Waals surface area contributed by atoms with Gasteiger partial charge in [-0.15, -0.1) is 0 Å². The molecule has 0 fully saturated rings. The zero-order chi connectivity index (χ0) is 12.5. The molecule has 0 aromatic heterocycles. The molecule has 0 unspecified atom stereocenters. The van der Waals surface area contributed by atoms with Gasteiger partial charge in [0.2, 0.25) is 10.0 Å². The van der Waals surface area contributed by atoms with Gasteiger partial charge in [-0.25, -0.2) is 8.42 Å². The smallest absolute Gasteiger partial charge is 0.237 e. The number of hydrogen-bond donors (Lipinski definition) is 0. The molecule has 0 aliphatic carbocycles. The number of ether oxygens (including phenoxy) is 1. The van der Waals surface area contributed by atoms with Gasteiger partial charge in [0.25, 0.3) is 0 Å². The van der Waals surface area contributed by atoms with E-state index in [2.05, 4.69) is 15.9 Å². The van der Waals surface area contributed by atoms with E-state index >= 15 is 0 Å². The molecule has 6 heteroatoms. The van der Waals surface area contributed by atoms with Gasteiger partial charge in [-0.1, -0.05) is 15.9 Å². The van der Waals surface area contributed by atoms with Gasteiger partial charge in [0.15, 0.2) is 0 Å². The number of methoxy groups -OCH3 is 1. The van der Waals surface area contributed by atoms with E-state index in [4.69, 9.17) is 4.74 Å². The summed E-state index contributed by atoms with van der Waals surface area (Å²) in [7, 11) is -1.75. The number of hydrogen-bond acceptors (Lipinski definition) is 3. The van der Waals surface area contributed by atoms with Crippen LogP contribution >= 0.6 is 15.9 Å². The minimum atomic E-state index is -3.26. The fraction of sp³-hybridized carbons (Fsp3) is 0.455. The second kappa shape index (κ2) is 4.96. The van der Waals surface area contributed by atoms with Gasteiger partial charge in [-0.3, -0.25) is 4.31 Å². The zero-order valence-corrected chi connectivity index (χ0v) is 11.9. The molecular formula is C11H14BrNO3S. The maximum Gasteiger partial charge on any atom is 0.237 e. The quantitative estimate of drug-likeness (QED) is 0.850. The zero-order valence-electron chi connectivity index (χ0n) is 9.52. The highest BCUT2D eigenvalue weighted by atomic mass is 79.9.